The molecule has 158 valence electrons. The van der Waals surface area contributed by atoms with Gasteiger partial charge >= 0.3 is 11.9 Å². The van der Waals surface area contributed by atoms with Crippen molar-refractivity contribution in [2.24, 2.45) is 11.7 Å². The Morgan fingerprint density at radius 3 is 2.03 bits per heavy atom. The largest absolute Gasteiger partial charge is 0.481 e. The van der Waals surface area contributed by atoms with Gasteiger partial charge < -0.3 is 15.6 Å². The van der Waals surface area contributed by atoms with E-state index >= 15 is 0 Å². The summed E-state index contributed by atoms with van der Waals surface area (Å²) in [5, 5.41) is 9.66. The van der Waals surface area contributed by atoms with Crippen molar-refractivity contribution in [3.63, 3.8) is 0 Å². The van der Waals surface area contributed by atoms with Gasteiger partial charge in [-0.05, 0) is 69.0 Å². The second kappa shape index (κ2) is 9.20. The zero-order valence-corrected chi connectivity index (χ0v) is 18.9. The third-order valence-electron chi connectivity index (χ3n) is 5.69. The molecular formula is C25H22INO4. The van der Waals surface area contributed by atoms with Crippen molar-refractivity contribution in [3.05, 3.63) is 93.1 Å². The summed E-state index contributed by atoms with van der Waals surface area (Å²) in [4.78, 5) is 24.6. The first kappa shape index (κ1) is 21.5. The third-order valence-corrected chi connectivity index (χ3v) is 6.41. The van der Waals surface area contributed by atoms with Crippen molar-refractivity contribution in [1.29, 1.82) is 0 Å². The summed E-state index contributed by atoms with van der Waals surface area (Å²) < 4.78 is 6.61. The Labute approximate surface area is 194 Å². The van der Waals surface area contributed by atoms with Crippen molar-refractivity contribution < 1.29 is 19.4 Å². The highest BCUT2D eigenvalue weighted by atomic mass is 127. The first-order valence-corrected chi connectivity index (χ1v) is 11.1. The summed E-state index contributed by atoms with van der Waals surface area (Å²) in [7, 11) is 0. The predicted molar refractivity (Wildman–Crippen MR) is 127 cm³/mol. The van der Waals surface area contributed by atoms with E-state index in [9.17, 15) is 14.7 Å². The number of nitrogens with two attached hydrogens (primary N) is 1. The fraction of sp³-hybridized carbons (Fsp3) is 0.200. The average molecular weight is 527 g/mol. The number of carbonyl (C=O) groups excluding carboxylic acids is 1. The van der Waals surface area contributed by atoms with Gasteiger partial charge in [-0.2, -0.15) is 0 Å². The zero-order chi connectivity index (χ0) is 22.0. The van der Waals surface area contributed by atoms with E-state index in [1.54, 1.807) is 0 Å². The van der Waals surface area contributed by atoms with Gasteiger partial charge in [0, 0.05) is 15.5 Å². The van der Waals surface area contributed by atoms with Gasteiger partial charge in [0.2, 0.25) is 0 Å². The minimum atomic E-state index is -1.42. The van der Waals surface area contributed by atoms with Crippen LogP contribution in [0, 0.1) is 9.49 Å². The first-order chi connectivity index (χ1) is 15.0. The van der Waals surface area contributed by atoms with Crippen LogP contribution in [0.15, 0.2) is 72.8 Å². The molecule has 0 radical (unpaired) electrons. The lowest BCUT2D eigenvalue weighted by molar-refractivity contribution is -0.159. The maximum Gasteiger partial charge on any atom is 0.321 e. The Kier molecular flexibility index (Phi) is 6.38. The zero-order valence-electron chi connectivity index (χ0n) is 16.7. The molecule has 0 saturated carbocycles. The molecule has 1 aliphatic carbocycles. The third kappa shape index (κ3) is 4.50. The van der Waals surface area contributed by atoms with E-state index in [4.69, 9.17) is 10.5 Å². The maximum absolute atomic E-state index is 12.8. The average Bonchev–Trinajstić information content (AvgIpc) is 3.07. The number of fused-ring (bicyclic) bond motifs is 3. The number of carboxylic acids is 1. The molecule has 31 heavy (non-hydrogen) atoms. The van der Waals surface area contributed by atoms with Crippen molar-refractivity contribution >= 4 is 34.5 Å². The summed E-state index contributed by atoms with van der Waals surface area (Å²) in [6.07, 6.45) is 0.276. The van der Waals surface area contributed by atoms with Gasteiger partial charge in [-0.3, -0.25) is 9.59 Å². The van der Waals surface area contributed by atoms with Crippen molar-refractivity contribution in [1.82, 2.24) is 0 Å². The Hall–Kier alpha value is -2.71. The number of benzene rings is 3. The number of hydrogen-bond acceptors (Lipinski definition) is 4. The molecule has 0 aromatic heterocycles. The minimum absolute atomic E-state index is 0.0763. The van der Waals surface area contributed by atoms with E-state index in [0.717, 1.165) is 31.4 Å². The molecule has 3 N–H and O–H groups in total. The molecular weight excluding hydrogens is 505 g/mol. The van der Waals surface area contributed by atoms with Crippen LogP contribution < -0.4 is 5.73 Å². The highest BCUT2D eigenvalue weighted by Gasteiger charge is 2.36. The number of rotatable bonds is 7. The number of carbonyl (C=O) groups is 2. The van der Waals surface area contributed by atoms with Crippen LogP contribution in [0.1, 0.15) is 22.6 Å². The predicted octanol–water partition coefficient (Wildman–Crippen LogP) is 4.22. The Bertz CT molecular complexity index is 1070. The van der Waals surface area contributed by atoms with Gasteiger partial charge in [-0.25, -0.2) is 0 Å². The fourth-order valence-electron chi connectivity index (χ4n) is 4.16. The van der Waals surface area contributed by atoms with E-state index in [2.05, 4.69) is 22.6 Å². The molecule has 0 bridgehead atoms. The van der Waals surface area contributed by atoms with Crippen LogP contribution in [0.2, 0.25) is 0 Å². The minimum Gasteiger partial charge on any atom is -0.481 e. The number of aliphatic carboxylic acids is 1. The van der Waals surface area contributed by atoms with Crippen LogP contribution in [0.3, 0.4) is 0 Å². The molecule has 4 rings (SSSR count). The van der Waals surface area contributed by atoms with Gasteiger partial charge in [0.05, 0.1) is 0 Å². The van der Waals surface area contributed by atoms with Gasteiger partial charge in [0.1, 0.15) is 6.61 Å². The quantitative estimate of drug-likeness (QED) is 0.273. The van der Waals surface area contributed by atoms with E-state index < -0.39 is 23.9 Å². The lowest BCUT2D eigenvalue weighted by Crippen LogP contribution is -2.43. The summed E-state index contributed by atoms with van der Waals surface area (Å²) in [5.41, 5.74) is 11.4. The number of esters is 1. The topological polar surface area (TPSA) is 89.6 Å². The maximum atomic E-state index is 12.8. The lowest BCUT2D eigenvalue weighted by Gasteiger charge is -2.21. The van der Waals surface area contributed by atoms with E-state index in [1.807, 2.05) is 72.8 Å². The first-order valence-electron chi connectivity index (χ1n) is 10.0. The van der Waals surface area contributed by atoms with Crippen molar-refractivity contribution in [2.45, 2.75) is 18.4 Å². The molecule has 3 aromatic rings. The van der Waals surface area contributed by atoms with Crippen LogP contribution >= 0.6 is 22.6 Å². The van der Waals surface area contributed by atoms with E-state index in [1.165, 1.54) is 0 Å². The van der Waals surface area contributed by atoms with Gasteiger partial charge in [0.25, 0.3) is 0 Å². The Morgan fingerprint density at radius 1 is 0.935 bits per heavy atom. The molecule has 0 heterocycles. The molecule has 0 aliphatic heterocycles. The molecule has 0 fully saturated rings. The summed E-state index contributed by atoms with van der Waals surface area (Å²) in [5.74, 6) is -3.62. The smallest absolute Gasteiger partial charge is 0.321 e. The SMILES string of the molecule is N[C@H](Cc1ccc(I)cc1)[C@@H](C(=O)O)C(=O)OCC1c2ccccc2-c2ccccc21. The van der Waals surface area contributed by atoms with Gasteiger partial charge in [-0.15, -0.1) is 0 Å². The monoisotopic (exact) mass is 527 g/mol. The molecule has 0 saturated heterocycles. The van der Waals surface area contributed by atoms with Crippen molar-refractivity contribution in [2.75, 3.05) is 6.61 Å². The Morgan fingerprint density at radius 2 is 1.48 bits per heavy atom. The number of carboxylic acid groups (broad SMARTS) is 1. The standard InChI is InChI=1S/C25H22INO4/c26-16-11-9-15(10-12-16)13-22(27)23(24(28)29)25(30)31-14-21-19-7-3-1-5-17(19)18-6-2-4-8-20(18)21/h1-12,21-23H,13-14,27H2,(H,28,29)/t22-,23+/m1/s1. The van der Waals surface area contributed by atoms with Crippen LogP contribution in [0.25, 0.3) is 11.1 Å². The van der Waals surface area contributed by atoms with Crippen LogP contribution in [0.4, 0.5) is 0 Å². The van der Waals surface area contributed by atoms with Gasteiger partial charge in [0.15, 0.2) is 5.92 Å². The Balaban J connectivity index is 1.49. The second-order valence-corrected chi connectivity index (χ2v) is 8.91. The normalized spacial score (nSPS) is 14.4. The van der Waals surface area contributed by atoms with Crippen LogP contribution in [-0.4, -0.2) is 29.7 Å². The summed E-state index contributed by atoms with van der Waals surface area (Å²) >= 11 is 2.20. The molecule has 0 amide bonds. The highest BCUT2D eigenvalue weighted by Crippen LogP contribution is 2.44. The molecule has 5 nitrogen and oxygen atoms in total. The summed E-state index contributed by atoms with van der Waals surface area (Å²) in [6, 6.07) is 22.7. The molecule has 3 aromatic carbocycles. The number of ether oxygens (including phenoxy) is 1. The molecule has 1 aliphatic rings. The molecule has 6 heteroatoms. The lowest BCUT2D eigenvalue weighted by atomic mass is 9.94. The van der Waals surface area contributed by atoms with Crippen molar-refractivity contribution in [3.8, 4) is 11.1 Å². The highest BCUT2D eigenvalue weighted by molar-refractivity contribution is 14.1. The van der Waals surface area contributed by atoms with Gasteiger partial charge in [-0.1, -0.05) is 60.7 Å². The molecule has 0 unspecified atom stereocenters. The van der Waals surface area contributed by atoms with Crippen LogP contribution in [-0.2, 0) is 20.7 Å². The van der Waals surface area contributed by atoms with Crippen LogP contribution in [0.5, 0.6) is 0 Å². The van der Waals surface area contributed by atoms with E-state index in [-0.39, 0.29) is 18.9 Å². The fourth-order valence-corrected chi connectivity index (χ4v) is 4.52. The summed E-state index contributed by atoms with van der Waals surface area (Å²) in [6.45, 7) is 0.0763. The van der Waals surface area contributed by atoms with E-state index in [0.29, 0.717) is 0 Å². The molecule has 2 atom stereocenters. The molecule has 0 spiro atoms. The second-order valence-electron chi connectivity index (χ2n) is 7.67. The number of halogens is 1. The number of hydrogen-bond donors (Lipinski definition) is 2.